The van der Waals surface area contributed by atoms with Gasteiger partial charge in [-0.25, -0.2) is 0 Å². The standard InChI is InChI=1S/C20H30O/c1-5-6-12-19(14-13-16(2)3)20(21)17(4)15-18-10-8-7-9-11-18/h7-11,13,17,19H,5-6,12,14-15H2,1-4H3. The number of carbonyl (C=O) groups is 1. The molecule has 0 fully saturated rings. The number of unbranched alkanes of at least 4 members (excludes halogenated alkanes) is 1. The van der Waals surface area contributed by atoms with E-state index in [1.165, 1.54) is 11.1 Å². The third kappa shape index (κ3) is 6.75. The van der Waals surface area contributed by atoms with Crippen LogP contribution in [0, 0.1) is 11.8 Å². The van der Waals surface area contributed by atoms with E-state index in [0.717, 1.165) is 32.1 Å². The van der Waals surface area contributed by atoms with Crippen molar-refractivity contribution < 1.29 is 4.79 Å². The number of hydrogen-bond donors (Lipinski definition) is 0. The Balaban J connectivity index is 2.66. The second-order valence-corrected chi connectivity index (χ2v) is 6.35. The first-order valence-electron chi connectivity index (χ1n) is 8.25. The van der Waals surface area contributed by atoms with Crippen LogP contribution in [-0.4, -0.2) is 5.78 Å². The zero-order chi connectivity index (χ0) is 15.7. The third-order valence-electron chi connectivity index (χ3n) is 3.99. The van der Waals surface area contributed by atoms with Gasteiger partial charge in [0.25, 0.3) is 0 Å². The van der Waals surface area contributed by atoms with Crippen molar-refractivity contribution in [3.8, 4) is 0 Å². The maximum atomic E-state index is 12.7. The molecule has 2 unspecified atom stereocenters. The molecule has 21 heavy (non-hydrogen) atoms. The summed E-state index contributed by atoms with van der Waals surface area (Å²) in [6.07, 6.45) is 7.31. The van der Waals surface area contributed by atoms with Gasteiger partial charge in [-0.15, -0.1) is 0 Å². The van der Waals surface area contributed by atoms with E-state index in [-0.39, 0.29) is 11.8 Å². The Morgan fingerprint density at radius 3 is 2.43 bits per heavy atom. The van der Waals surface area contributed by atoms with Gasteiger partial charge in [0.15, 0.2) is 0 Å². The summed E-state index contributed by atoms with van der Waals surface area (Å²) in [6.45, 7) is 8.48. The molecule has 0 aliphatic carbocycles. The molecule has 1 nitrogen and oxygen atoms in total. The Morgan fingerprint density at radius 1 is 1.19 bits per heavy atom. The van der Waals surface area contributed by atoms with Crippen molar-refractivity contribution in [2.45, 2.75) is 59.8 Å². The predicted molar refractivity (Wildman–Crippen MR) is 91.4 cm³/mol. The second kappa shape index (κ2) is 9.55. The Labute approximate surface area is 130 Å². The van der Waals surface area contributed by atoms with Crippen LogP contribution >= 0.6 is 0 Å². The molecule has 0 radical (unpaired) electrons. The minimum atomic E-state index is 0.111. The SMILES string of the molecule is CCCCC(CC=C(C)C)C(=O)C(C)Cc1ccccc1. The minimum Gasteiger partial charge on any atom is -0.299 e. The fourth-order valence-corrected chi connectivity index (χ4v) is 2.68. The lowest BCUT2D eigenvalue weighted by molar-refractivity contribution is -0.126. The molecular formula is C20H30O. The Morgan fingerprint density at radius 2 is 1.86 bits per heavy atom. The average Bonchev–Trinajstić information content (AvgIpc) is 2.47. The molecule has 0 aromatic heterocycles. The summed E-state index contributed by atoms with van der Waals surface area (Å²) in [7, 11) is 0. The van der Waals surface area contributed by atoms with Crippen molar-refractivity contribution >= 4 is 5.78 Å². The monoisotopic (exact) mass is 286 g/mol. The largest absolute Gasteiger partial charge is 0.299 e. The minimum absolute atomic E-state index is 0.111. The van der Waals surface area contributed by atoms with E-state index in [1.54, 1.807) is 0 Å². The topological polar surface area (TPSA) is 17.1 Å². The van der Waals surface area contributed by atoms with Crippen molar-refractivity contribution in [1.29, 1.82) is 0 Å². The zero-order valence-corrected chi connectivity index (χ0v) is 14.1. The van der Waals surface area contributed by atoms with Crippen molar-refractivity contribution in [2.75, 3.05) is 0 Å². The van der Waals surface area contributed by atoms with Crippen LogP contribution in [0.3, 0.4) is 0 Å². The molecule has 0 heterocycles. The predicted octanol–water partition coefficient (Wildman–Crippen LogP) is 5.60. The molecule has 0 bridgehead atoms. The highest BCUT2D eigenvalue weighted by atomic mass is 16.1. The normalized spacial score (nSPS) is 13.5. The summed E-state index contributed by atoms with van der Waals surface area (Å²) in [5, 5.41) is 0. The van der Waals surface area contributed by atoms with Crippen LogP contribution in [0.2, 0.25) is 0 Å². The van der Waals surface area contributed by atoms with Crippen molar-refractivity contribution in [3.63, 3.8) is 0 Å². The molecule has 1 aromatic rings. The Bertz CT molecular complexity index is 440. The van der Waals surface area contributed by atoms with Gasteiger partial charge >= 0.3 is 0 Å². The molecule has 116 valence electrons. The number of hydrogen-bond acceptors (Lipinski definition) is 1. The van der Waals surface area contributed by atoms with Gasteiger partial charge in [0, 0.05) is 11.8 Å². The van der Waals surface area contributed by atoms with Gasteiger partial charge in [-0.3, -0.25) is 4.79 Å². The molecule has 2 atom stereocenters. The molecule has 0 saturated carbocycles. The van der Waals surface area contributed by atoms with Crippen LogP contribution < -0.4 is 0 Å². The maximum absolute atomic E-state index is 12.7. The van der Waals surface area contributed by atoms with Gasteiger partial charge < -0.3 is 0 Å². The lowest BCUT2D eigenvalue weighted by Gasteiger charge is -2.19. The second-order valence-electron chi connectivity index (χ2n) is 6.35. The van der Waals surface area contributed by atoms with Crippen molar-refractivity contribution in [3.05, 3.63) is 47.5 Å². The summed E-state index contributed by atoms with van der Waals surface area (Å²) in [5.41, 5.74) is 2.56. The maximum Gasteiger partial charge on any atom is 0.139 e. The first-order valence-corrected chi connectivity index (χ1v) is 8.25. The molecule has 1 heteroatoms. The summed E-state index contributed by atoms with van der Waals surface area (Å²) < 4.78 is 0. The molecule has 0 amide bonds. The lowest BCUT2D eigenvalue weighted by atomic mass is 9.84. The van der Waals surface area contributed by atoms with Gasteiger partial charge in [-0.1, -0.05) is 68.7 Å². The summed E-state index contributed by atoms with van der Waals surface area (Å²) in [5.74, 6) is 0.739. The van der Waals surface area contributed by atoms with Crippen LogP contribution in [0.25, 0.3) is 0 Å². The first-order chi connectivity index (χ1) is 10.0. The quantitative estimate of drug-likeness (QED) is 0.540. The highest BCUT2D eigenvalue weighted by molar-refractivity contribution is 5.83. The number of allylic oxidation sites excluding steroid dienone is 2. The van der Waals surface area contributed by atoms with Gasteiger partial charge in [-0.05, 0) is 38.7 Å². The van der Waals surface area contributed by atoms with E-state index in [9.17, 15) is 4.79 Å². The van der Waals surface area contributed by atoms with E-state index in [4.69, 9.17) is 0 Å². The van der Waals surface area contributed by atoms with Gasteiger partial charge in [0.1, 0.15) is 5.78 Å². The Hall–Kier alpha value is -1.37. The fourth-order valence-electron chi connectivity index (χ4n) is 2.68. The highest BCUT2D eigenvalue weighted by Crippen LogP contribution is 2.22. The van der Waals surface area contributed by atoms with Crippen LogP contribution in [0.4, 0.5) is 0 Å². The fraction of sp³-hybridized carbons (Fsp3) is 0.550. The summed E-state index contributed by atoms with van der Waals surface area (Å²) in [4.78, 5) is 12.7. The molecular weight excluding hydrogens is 256 g/mol. The van der Waals surface area contributed by atoms with E-state index in [1.807, 2.05) is 18.2 Å². The first kappa shape index (κ1) is 17.7. The molecule has 0 N–H and O–H groups in total. The van der Waals surface area contributed by atoms with Crippen LogP contribution in [-0.2, 0) is 11.2 Å². The highest BCUT2D eigenvalue weighted by Gasteiger charge is 2.22. The third-order valence-corrected chi connectivity index (χ3v) is 3.99. The number of ketones is 1. The molecule has 0 spiro atoms. The number of benzene rings is 1. The Kier molecular flexibility index (Phi) is 8.04. The van der Waals surface area contributed by atoms with E-state index >= 15 is 0 Å². The zero-order valence-electron chi connectivity index (χ0n) is 14.1. The van der Waals surface area contributed by atoms with Gasteiger partial charge in [0.05, 0.1) is 0 Å². The van der Waals surface area contributed by atoms with E-state index in [0.29, 0.717) is 5.78 Å². The van der Waals surface area contributed by atoms with Gasteiger partial charge in [0.2, 0.25) is 0 Å². The number of Topliss-reactive ketones (excluding diaryl/α,β-unsaturated/α-hetero) is 1. The van der Waals surface area contributed by atoms with Gasteiger partial charge in [-0.2, -0.15) is 0 Å². The molecule has 0 aliphatic rings. The number of rotatable bonds is 9. The van der Waals surface area contributed by atoms with Crippen molar-refractivity contribution in [2.24, 2.45) is 11.8 Å². The van der Waals surface area contributed by atoms with Crippen LogP contribution in [0.15, 0.2) is 42.0 Å². The van der Waals surface area contributed by atoms with Crippen LogP contribution in [0.1, 0.15) is 58.9 Å². The van der Waals surface area contributed by atoms with E-state index in [2.05, 4.69) is 45.9 Å². The van der Waals surface area contributed by atoms with E-state index < -0.39 is 0 Å². The molecule has 0 saturated heterocycles. The van der Waals surface area contributed by atoms with Crippen LogP contribution in [0.5, 0.6) is 0 Å². The van der Waals surface area contributed by atoms with Crippen molar-refractivity contribution in [1.82, 2.24) is 0 Å². The summed E-state index contributed by atoms with van der Waals surface area (Å²) in [6, 6.07) is 10.3. The lowest BCUT2D eigenvalue weighted by Crippen LogP contribution is -2.23. The molecule has 1 rings (SSSR count). The average molecular weight is 286 g/mol. The number of carbonyl (C=O) groups excluding carboxylic acids is 1. The molecule has 1 aromatic carbocycles. The smallest absolute Gasteiger partial charge is 0.139 e. The molecule has 0 aliphatic heterocycles. The summed E-state index contributed by atoms with van der Waals surface area (Å²) >= 11 is 0.